The summed E-state index contributed by atoms with van der Waals surface area (Å²) in [6.45, 7) is 2.68. The number of rotatable bonds is 4. The minimum atomic E-state index is -4.45. The standard InChI is InChI=1S/C15H15F3N2O4S/c1-8-12(13(9(2)24-8)25(19,22)23)14(21)20-7-10-3-5-11(6-4-10)15(16,17)18/h3-6H,7H2,1-2H3,(H,20,21)(H2,19,22,23). The van der Waals surface area contributed by atoms with E-state index in [1.54, 1.807) is 0 Å². The van der Waals surface area contributed by atoms with Crippen molar-refractivity contribution in [2.45, 2.75) is 31.5 Å². The van der Waals surface area contributed by atoms with E-state index in [1.807, 2.05) is 0 Å². The van der Waals surface area contributed by atoms with E-state index < -0.39 is 32.6 Å². The molecule has 1 aromatic heterocycles. The summed E-state index contributed by atoms with van der Waals surface area (Å²) < 4.78 is 65.9. The maximum Gasteiger partial charge on any atom is 0.416 e. The Labute approximate surface area is 141 Å². The second kappa shape index (κ2) is 6.52. The van der Waals surface area contributed by atoms with Gasteiger partial charge in [-0.25, -0.2) is 13.6 Å². The lowest BCUT2D eigenvalue weighted by molar-refractivity contribution is -0.137. The highest BCUT2D eigenvalue weighted by Gasteiger charge is 2.30. The molecular formula is C15H15F3N2O4S. The third-order valence-electron chi connectivity index (χ3n) is 3.45. The van der Waals surface area contributed by atoms with Gasteiger partial charge in [-0.2, -0.15) is 13.2 Å². The van der Waals surface area contributed by atoms with E-state index in [4.69, 9.17) is 9.56 Å². The Hall–Kier alpha value is -2.33. The zero-order valence-corrected chi connectivity index (χ0v) is 14.1. The molecule has 0 atom stereocenters. The second-order valence-electron chi connectivity index (χ2n) is 5.34. The van der Waals surface area contributed by atoms with E-state index in [9.17, 15) is 26.4 Å². The average molecular weight is 376 g/mol. The van der Waals surface area contributed by atoms with Crippen LogP contribution in [0.3, 0.4) is 0 Å². The molecule has 0 spiro atoms. The fraction of sp³-hybridized carbons (Fsp3) is 0.267. The molecule has 0 aliphatic carbocycles. The van der Waals surface area contributed by atoms with Crippen molar-refractivity contribution < 1.29 is 30.8 Å². The van der Waals surface area contributed by atoms with Crippen LogP contribution in [-0.2, 0) is 22.7 Å². The molecule has 0 bridgehead atoms. The molecule has 1 amide bonds. The number of carbonyl (C=O) groups is 1. The van der Waals surface area contributed by atoms with Gasteiger partial charge in [-0.15, -0.1) is 0 Å². The number of carbonyl (C=O) groups excluding carboxylic acids is 1. The first-order valence-electron chi connectivity index (χ1n) is 6.98. The van der Waals surface area contributed by atoms with Gasteiger partial charge in [0.1, 0.15) is 22.0 Å². The number of aryl methyl sites for hydroxylation is 2. The molecule has 2 rings (SSSR count). The molecule has 0 aliphatic rings. The first-order chi connectivity index (χ1) is 11.4. The lowest BCUT2D eigenvalue weighted by atomic mass is 10.1. The van der Waals surface area contributed by atoms with Crippen molar-refractivity contribution in [3.63, 3.8) is 0 Å². The summed E-state index contributed by atoms with van der Waals surface area (Å²) in [5.74, 6) is -0.690. The summed E-state index contributed by atoms with van der Waals surface area (Å²) in [5, 5.41) is 7.54. The summed E-state index contributed by atoms with van der Waals surface area (Å²) >= 11 is 0. The molecular weight excluding hydrogens is 361 g/mol. The predicted molar refractivity (Wildman–Crippen MR) is 82.2 cm³/mol. The van der Waals surface area contributed by atoms with E-state index in [0.29, 0.717) is 5.56 Å². The molecule has 0 saturated heterocycles. The number of benzene rings is 1. The van der Waals surface area contributed by atoms with Crippen molar-refractivity contribution in [3.05, 3.63) is 52.5 Å². The fourth-order valence-electron chi connectivity index (χ4n) is 2.35. The van der Waals surface area contributed by atoms with Gasteiger partial charge >= 0.3 is 6.18 Å². The van der Waals surface area contributed by atoms with Crippen molar-refractivity contribution in [1.82, 2.24) is 5.32 Å². The van der Waals surface area contributed by atoms with E-state index in [0.717, 1.165) is 12.1 Å². The Morgan fingerprint density at radius 3 is 2.20 bits per heavy atom. The van der Waals surface area contributed by atoms with Gasteiger partial charge in [-0.1, -0.05) is 12.1 Å². The molecule has 0 fully saturated rings. The normalized spacial score (nSPS) is 12.2. The van der Waals surface area contributed by atoms with Crippen LogP contribution in [0.25, 0.3) is 0 Å². The number of primary sulfonamides is 1. The maximum atomic E-state index is 12.5. The highest BCUT2D eigenvalue weighted by Crippen LogP contribution is 2.29. The summed E-state index contributed by atoms with van der Waals surface area (Å²) in [4.78, 5) is 11.9. The Morgan fingerprint density at radius 2 is 1.72 bits per heavy atom. The van der Waals surface area contributed by atoms with Gasteiger partial charge in [0.05, 0.1) is 5.56 Å². The lowest BCUT2D eigenvalue weighted by Crippen LogP contribution is -2.26. The van der Waals surface area contributed by atoms with Crippen LogP contribution in [-0.4, -0.2) is 14.3 Å². The molecule has 0 radical (unpaired) electrons. The van der Waals surface area contributed by atoms with E-state index >= 15 is 0 Å². The van der Waals surface area contributed by atoms with Gasteiger partial charge in [0.2, 0.25) is 10.0 Å². The number of amides is 1. The smallest absolute Gasteiger partial charge is 0.416 e. The van der Waals surface area contributed by atoms with Crippen LogP contribution < -0.4 is 10.5 Å². The molecule has 6 nitrogen and oxygen atoms in total. The Kier molecular flexibility index (Phi) is 4.96. The molecule has 1 heterocycles. The summed E-state index contributed by atoms with van der Waals surface area (Å²) in [7, 11) is -4.17. The predicted octanol–water partition coefficient (Wildman–Crippen LogP) is 2.49. The Morgan fingerprint density at radius 1 is 1.16 bits per heavy atom. The largest absolute Gasteiger partial charge is 0.464 e. The third-order valence-corrected chi connectivity index (χ3v) is 4.51. The molecule has 1 aromatic carbocycles. The van der Waals surface area contributed by atoms with Gasteiger partial charge in [0, 0.05) is 6.54 Å². The van der Waals surface area contributed by atoms with Crippen molar-refractivity contribution in [2.24, 2.45) is 5.14 Å². The topological polar surface area (TPSA) is 102 Å². The fourth-order valence-corrected chi connectivity index (χ4v) is 3.31. The van der Waals surface area contributed by atoms with Crippen molar-refractivity contribution in [3.8, 4) is 0 Å². The van der Waals surface area contributed by atoms with Crippen molar-refractivity contribution in [2.75, 3.05) is 0 Å². The summed E-state index contributed by atoms with van der Waals surface area (Å²) in [6, 6.07) is 4.23. The number of nitrogens with one attached hydrogen (secondary N) is 1. The van der Waals surface area contributed by atoms with Crippen molar-refractivity contribution >= 4 is 15.9 Å². The minimum absolute atomic E-state index is 0.0142. The number of hydrogen-bond donors (Lipinski definition) is 2. The van der Waals surface area contributed by atoms with Crippen LogP contribution in [0.2, 0.25) is 0 Å². The first-order valence-corrected chi connectivity index (χ1v) is 8.53. The highest BCUT2D eigenvalue weighted by molar-refractivity contribution is 7.89. The van der Waals surface area contributed by atoms with E-state index in [1.165, 1.54) is 26.0 Å². The van der Waals surface area contributed by atoms with Gasteiger partial charge in [0.15, 0.2) is 0 Å². The number of alkyl halides is 3. The van der Waals surface area contributed by atoms with Crippen LogP contribution in [0.4, 0.5) is 13.2 Å². The Bertz CT molecular complexity index is 900. The SMILES string of the molecule is Cc1oc(C)c(S(N)(=O)=O)c1C(=O)NCc1ccc(C(F)(F)F)cc1. The molecule has 3 N–H and O–H groups in total. The molecule has 10 heteroatoms. The summed E-state index contributed by atoms with van der Waals surface area (Å²) in [5.41, 5.74) is -0.608. The number of halogens is 3. The van der Waals surface area contributed by atoms with Crippen LogP contribution in [0, 0.1) is 13.8 Å². The van der Waals surface area contributed by atoms with Gasteiger partial charge < -0.3 is 9.73 Å². The summed E-state index contributed by atoms with van der Waals surface area (Å²) in [6.07, 6.45) is -4.45. The van der Waals surface area contributed by atoms with Gasteiger partial charge in [-0.05, 0) is 31.5 Å². The van der Waals surface area contributed by atoms with Gasteiger partial charge in [0.25, 0.3) is 5.91 Å². The highest BCUT2D eigenvalue weighted by atomic mass is 32.2. The lowest BCUT2D eigenvalue weighted by Gasteiger charge is -2.09. The van der Waals surface area contributed by atoms with E-state index in [2.05, 4.69) is 5.32 Å². The zero-order chi connectivity index (χ0) is 19.0. The second-order valence-corrected chi connectivity index (χ2v) is 6.84. The number of nitrogens with two attached hydrogens (primary N) is 1. The average Bonchev–Trinajstić information content (AvgIpc) is 2.78. The Balaban J connectivity index is 2.19. The molecule has 0 unspecified atom stereocenters. The number of furan rings is 1. The maximum absolute atomic E-state index is 12.5. The monoisotopic (exact) mass is 376 g/mol. The quantitative estimate of drug-likeness (QED) is 0.856. The number of hydrogen-bond acceptors (Lipinski definition) is 4. The molecule has 25 heavy (non-hydrogen) atoms. The van der Waals surface area contributed by atoms with E-state index in [-0.39, 0.29) is 23.6 Å². The molecule has 0 saturated carbocycles. The van der Waals surface area contributed by atoms with Crippen LogP contribution in [0.15, 0.2) is 33.6 Å². The minimum Gasteiger partial charge on any atom is -0.464 e. The van der Waals surface area contributed by atoms with Crippen LogP contribution >= 0.6 is 0 Å². The number of sulfonamides is 1. The molecule has 2 aromatic rings. The zero-order valence-electron chi connectivity index (χ0n) is 13.3. The first kappa shape index (κ1) is 19.0. The molecule has 136 valence electrons. The van der Waals surface area contributed by atoms with Crippen molar-refractivity contribution in [1.29, 1.82) is 0 Å². The molecule has 0 aliphatic heterocycles. The van der Waals surface area contributed by atoms with Gasteiger partial charge in [-0.3, -0.25) is 4.79 Å². The third kappa shape index (κ3) is 4.20. The van der Waals surface area contributed by atoms with Crippen LogP contribution in [0.5, 0.6) is 0 Å². The van der Waals surface area contributed by atoms with Crippen LogP contribution in [0.1, 0.15) is 33.0 Å².